The normalized spacial score (nSPS) is 11.4. The topological polar surface area (TPSA) is 27.7 Å². The molecule has 1 N–H and O–H groups in total. The smallest absolute Gasteiger partial charge is 0.117 e. The first kappa shape index (κ1) is 17.8. The molecule has 0 saturated carbocycles. The summed E-state index contributed by atoms with van der Waals surface area (Å²) in [5.74, 6) is 0. The van der Waals surface area contributed by atoms with Gasteiger partial charge in [-0.25, -0.2) is 0 Å². The Hall–Kier alpha value is -1.16. The molecule has 0 amide bonds. The van der Waals surface area contributed by atoms with Gasteiger partial charge in [0.25, 0.3) is 0 Å². The van der Waals surface area contributed by atoms with Crippen LogP contribution in [0.1, 0.15) is 39.5 Å². The Balaban J connectivity index is 3.94. The minimum absolute atomic E-state index is 0.598. The van der Waals surface area contributed by atoms with E-state index in [-0.39, 0.29) is 0 Å². The summed E-state index contributed by atoms with van der Waals surface area (Å²) in [5.41, 5.74) is 0. The van der Waals surface area contributed by atoms with Crippen molar-refractivity contribution in [2.24, 2.45) is 0 Å². The molecule has 0 unspecified atom stereocenters. The number of nitrogens with zero attached hydrogens (tertiary/aromatic N) is 2. The summed E-state index contributed by atoms with van der Waals surface area (Å²) >= 11 is 0. The van der Waals surface area contributed by atoms with Crippen molar-refractivity contribution in [2.45, 2.75) is 39.5 Å². The highest BCUT2D eigenvalue weighted by atomic mass is 16.5. The Labute approximate surface area is 119 Å². The molecule has 0 rings (SSSR count). The predicted octanol–water partition coefficient (Wildman–Crippen LogP) is 2.96. The number of ether oxygens (including phenoxy) is 1. The van der Waals surface area contributed by atoms with Gasteiger partial charge in [0.05, 0.1) is 0 Å². The molecule has 0 fully saturated rings. The maximum absolute atomic E-state index is 5.01. The fraction of sp³-hybridized carbons (Fsp3) is 0.733. The molecule has 0 heterocycles. The van der Waals surface area contributed by atoms with Crippen LogP contribution in [-0.4, -0.2) is 43.8 Å². The van der Waals surface area contributed by atoms with Crippen LogP contribution in [0.2, 0.25) is 0 Å². The van der Waals surface area contributed by atoms with Crippen molar-refractivity contribution in [3.8, 4) is 0 Å². The van der Waals surface area contributed by atoms with Crippen LogP contribution in [0.4, 0.5) is 0 Å². The van der Waals surface area contributed by atoms with Gasteiger partial charge in [0, 0.05) is 52.0 Å². The van der Waals surface area contributed by atoms with Crippen LogP contribution in [0, 0.1) is 0 Å². The third-order valence-corrected chi connectivity index (χ3v) is 2.74. The van der Waals surface area contributed by atoms with Crippen molar-refractivity contribution in [3.05, 3.63) is 24.8 Å². The summed E-state index contributed by atoms with van der Waals surface area (Å²) in [7, 11) is 3.66. The molecule has 4 nitrogen and oxygen atoms in total. The largest absolute Gasteiger partial charge is 0.376 e. The van der Waals surface area contributed by atoms with Gasteiger partial charge < -0.3 is 19.9 Å². The van der Waals surface area contributed by atoms with Gasteiger partial charge in [-0.1, -0.05) is 26.7 Å². The van der Waals surface area contributed by atoms with Crippen LogP contribution in [0.3, 0.4) is 0 Å². The zero-order valence-electron chi connectivity index (χ0n) is 13.1. The lowest BCUT2D eigenvalue weighted by Crippen LogP contribution is -2.20. The second-order valence-electron chi connectivity index (χ2n) is 4.72. The fourth-order valence-electron chi connectivity index (χ4n) is 1.60. The Kier molecular flexibility index (Phi) is 12.5. The second kappa shape index (κ2) is 13.3. The number of methoxy groups -OCH3 is 1. The molecular formula is C15H31N3O. The fourth-order valence-corrected chi connectivity index (χ4v) is 1.60. The highest BCUT2D eigenvalue weighted by Crippen LogP contribution is 1.99. The first-order chi connectivity index (χ1) is 9.24. The molecule has 0 aliphatic rings. The molecule has 19 heavy (non-hydrogen) atoms. The molecule has 0 spiro atoms. The number of hydrogen-bond donors (Lipinski definition) is 1. The van der Waals surface area contributed by atoms with E-state index in [0.29, 0.717) is 6.73 Å². The summed E-state index contributed by atoms with van der Waals surface area (Å²) in [5, 5.41) is 3.16. The van der Waals surface area contributed by atoms with E-state index in [4.69, 9.17) is 4.74 Å². The van der Waals surface area contributed by atoms with E-state index in [9.17, 15) is 0 Å². The molecule has 0 radical (unpaired) electrons. The van der Waals surface area contributed by atoms with Crippen molar-refractivity contribution < 1.29 is 4.74 Å². The van der Waals surface area contributed by atoms with E-state index in [2.05, 4.69) is 30.3 Å². The summed E-state index contributed by atoms with van der Waals surface area (Å²) < 4.78 is 5.01. The van der Waals surface area contributed by atoms with Crippen molar-refractivity contribution in [1.82, 2.24) is 15.1 Å². The van der Waals surface area contributed by atoms with Gasteiger partial charge in [0.1, 0.15) is 6.73 Å². The average Bonchev–Trinajstić information content (AvgIpc) is 2.41. The van der Waals surface area contributed by atoms with Crippen LogP contribution >= 0.6 is 0 Å². The molecule has 0 atom stereocenters. The van der Waals surface area contributed by atoms with E-state index in [1.54, 1.807) is 7.11 Å². The van der Waals surface area contributed by atoms with Crippen LogP contribution in [0.5, 0.6) is 0 Å². The lowest BCUT2D eigenvalue weighted by Gasteiger charge is -2.19. The van der Waals surface area contributed by atoms with Gasteiger partial charge in [0.2, 0.25) is 0 Å². The quantitative estimate of drug-likeness (QED) is 0.551. The molecule has 0 aliphatic heterocycles. The highest BCUT2D eigenvalue weighted by molar-refractivity contribution is 4.87. The van der Waals surface area contributed by atoms with Crippen molar-refractivity contribution in [2.75, 3.05) is 34.0 Å². The molecule has 0 aromatic heterocycles. The summed E-state index contributed by atoms with van der Waals surface area (Å²) in [6.07, 6.45) is 13.0. The number of nitrogens with one attached hydrogen (secondary N) is 1. The zero-order chi connectivity index (χ0) is 14.3. The van der Waals surface area contributed by atoms with Gasteiger partial charge in [-0.15, -0.1) is 0 Å². The van der Waals surface area contributed by atoms with Gasteiger partial charge in [-0.3, -0.25) is 0 Å². The first-order valence-corrected chi connectivity index (χ1v) is 7.27. The molecule has 0 aromatic rings. The van der Waals surface area contributed by atoms with Gasteiger partial charge in [0.15, 0.2) is 0 Å². The number of rotatable bonds is 12. The number of unbranched alkanes of at least 4 members (excludes halogenated alkanes) is 2. The van der Waals surface area contributed by atoms with Crippen molar-refractivity contribution >= 4 is 0 Å². The first-order valence-electron chi connectivity index (χ1n) is 7.27. The summed E-state index contributed by atoms with van der Waals surface area (Å²) in [6, 6.07) is 0. The number of hydrogen-bond acceptors (Lipinski definition) is 4. The lowest BCUT2D eigenvalue weighted by atomic mass is 10.3. The summed E-state index contributed by atoms with van der Waals surface area (Å²) in [6.45, 7) is 7.34. The molecule has 4 heteroatoms. The van der Waals surface area contributed by atoms with E-state index in [1.807, 2.05) is 30.5 Å². The van der Waals surface area contributed by atoms with Crippen molar-refractivity contribution in [1.29, 1.82) is 0 Å². The third-order valence-electron chi connectivity index (χ3n) is 2.74. The molecular weight excluding hydrogens is 238 g/mol. The Morgan fingerprint density at radius 2 is 1.58 bits per heavy atom. The maximum Gasteiger partial charge on any atom is 0.117 e. The molecule has 0 aromatic carbocycles. The Morgan fingerprint density at radius 1 is 1.00 bits per heavy atom. The monoisotopic (exact) mass is 269 g/mol. The van der Waals surface area contributed by atoms with Crippen LogP contribution in [0.25, 0.3) is 0 Å². The molecule has 0 bridgehead atoms. The zero-order valence-corrected chi connectivity index (χ0v) is 13.1. The highest BCUT2D eigenvalue weighted by Gasteiger charge is 1.96. The Morgan fingerprint density at radius 3 is 2.11 bits per heavy atom. The van der Waals surface area contributed by atoms with E-state index < -0.39 is 0 Å². The SMILES string of the molecule is CCCCN(C=CNC=CN(C)COC)CCCC. The van der Waals surface area contributed by atoms with Crippen molar-refractivity contribution in [3.63, 3.8) is 0 Å². The van der Waals surface area contributed by atoms with Gasteiger partial charge >= 0.3 is 0 Å². The van der Waals surface area contributed by atoms with Gasteiger partial charge in [-0.2, -0.15) is 0 Å². The van der Waals surface area contributed by atoms with Gasteiger partial charge in [-0.05, 0) is 12.8 Å². The third kappa shape index (κ3) is 11.7. The summed E-state index contributed by atoms with van der Waals surface area (Å²) in [4.78, 5) is 4.35. The van der Waals surface area contributed by atoms with Crippen LogP contribution in [0.15, 0.2) is 24.8 Å². The van der Waals surface area contributed by atoms with E-state index in [1.165, 1.54) is 25.7 Å². The minimum atomic E-state index is 0.598. The lowest BCUT2D eigenvalue weighted by molar-refractivity contribution is 0.112. The molecule has 112 valence electrons. The van der Waals surface area contributed by atoms with Crippen LogP contribution in [-0.2, 0) is 4.74 Å². The average molecular weight is 269 g/mol. The maximum atomic E-state index is 5.01. The second-order valence-corrected chi connectivity index (χ2v) is 4.72. The predicted molar refractivity (Wildman–Crippen MR) is 82.4 cm³/mol. The minimum Gasteiger partial charge on any atom is -0.376 e. The molecule has 0 aliphatic carbocycles. The van der Waals surface area contributed by atoms with E-state index in [0.717, 1.165) is 13.1 Å². The Bertz CT molecular complexity index is 234. The standard InChI is InChI=1S/C15H31N3O/c1-5-7-11-18(12-8-6-2)14-10-16-9-13-17(3)15-19-4/h9-10,13-14,16H,5-8,11-12,15H2,1-4H3. The molecule has 0 saturated heterocycles. The van der Waals surface area contributed by atoms with E-state index >= 15 is 0 Å². The van der Waals surface area contributed by atoms with Crippen LogP contribution < -0.4 is 5.32 Å².